The topological polar surface area (TPSA) is 92.9 Å². The maximum atomic E-state index is 13.1. The van der Waals surface area contributed by atoms with Crippen molar-refractivity contribution in [1.29, 1.82) is 0 Å². The number of nitrogens with zero attached hydrogens (tertiary/aromatic N) is 2. The Morgan fingerprint density at radius 1 is 1.34 bits per heavy atom. The molecule has 0 saturated heterocycles. The highest BCUT2D eigenvalue weighted by molar-refractivity contribution is 6.32. The number of nitrogens with one attached hydrogen (secondary N) is 2. The predicted molar refractivity (Wildman–Crippen MR) is 105 cm³/mol. The van der Waals surface area contributed by atoms with Gasteiger partial charge in [0, 0.05) is 17.5 Å². The van der Waals surface area contributed by atoms with E-state index in [1.54, 1.807) is 19.9 Å². The molecule has 1 amide bonds. The number of halogens is 4. The molecule has 0 aliphatic heterocycles. The number of allylic oxidation sites excluding steroid dienone is 1. The molecule has 156 valence electrons. The average Bonchev–Trinajstić information content (AvgIpc) is 2.64. The van der Waals surface area contributed by atoms with Crippen molar-refractivity contribution in [3.63, 3.8) is 0 Å². The van der Waals surface area contributed by atoms with Gasteiger partial charge in [0.1, 0.15) is 12.1 Å². The number of nitrogens with two attached hydrogens (primary N) is 1. The second kappa shape index (κ2) is 9.60. The number of hydrogen-bond acceptors (Lipinski definition) is 5. The maximum absolute atomic E-state index is 13.1. The summed E-state index contributed by atoms with van der Waals surface area (Å²) < 4.78 is 39.3. The van der Waals surface area contributed by atoms with E-state index in [1.807, 2.05) is 0 Å². The van der Waals surface area contributed by atoms with E-state index < -0.39 is 17.8 Å². The Morgan fingerprint density at radius 3 is 2.69 bits per heavy atom. The summed E-state index contributed by atoms with van der Waals surface area (Å²) in [6, 6.07) is 4.99. The number of rotatable bonds is 8. The Labute approximate surface area is 171 Å². The van der Waals surface area contributed by atoms with Gasteiger partial charge in [-0.15, -0.1) is 0 Å². The van der Waals surface area contributed by atoms with Crippen molar-refractivity contribution >= 4 is 23.8 Å². The molecule has 4 N–H and O–H groups in total. The molecule has 0 spiro atoms. The summed E-state index contributed by atoms with van der Waals surface area (Å²) >= 11 is 5.98. The van der Waals surface area contributed by atoms with Gasteiger partial charge < -0.3 is 16.4 Å². The fraction of sp³-hybridized carbons (Fsp3) is 0.316. The third kappa shape index (κ3) is 6.08. The lowest BCUT2D eigenvalue weighted by Gasteiger charge is -2.19. The number of alkyl halides is 3. The van der Waals surface area contributed by atoms with Crippen LogP contribution in [0.5, 0.6) is 0 Å². The number of benzene rings is 1. The largest absolute Gasteiger partial charge is 0.417 e. The number of anilines is 1. The van der Waals surface area contributed by atoms with Crippen LogP contribution in [0.4, 0.5) is 19.0 Å². The molecule has 0 saturated carbocycles. The van der Waals surface area contributed by atoms with Crippen LogP contribution in [-0.2, 0) is 17.4 Å². The second-order valence-electron chi connectivity index (χ2n) is 6.39. The molecule has 1 heterocycles. The Hall–Kier alpha value is -2.81. The lowest BCUT2D eigenvalue weighted by molar-refractivity contribution is -0.137. The summed E-state index contributed by atoms with van der Waals surface area (Å²) in [5, 5.41) is 5.29. The van der Waals surface area contributed by atoms with Gasteiger partial charge in [-0.05, 0) is 38.3 Å². The molecule has 29 heavy (non-hydrogen) atoms. The highest BCUT2D eigenvalue weighted by Gasteiger charge is 2.33. The number of aromatic nitrogens is 2. The summed E-state index contributed by atoms with van der Waals surface area (Å²) in [6.45, 7) is 3.48. The lowest BCUT2D eigenvalue weighted by Crippen LogP contribution is -2.32. The number of carbonyl (C=O) groups is 1. The minimum absolute atomic E-state index is 0.198. The van der Waals surface area contributed by atoms with Crippen LogP contribution >= 0.6 is 11.6 Å². The minimum Gasteiger partial charge on any atom is -0.399 e. The van der Waals surface area contributed by atoms with Crippen LogP contribution < -0.4 is 16.4 Å². The number of hydrogen-bond donors (Lipinski definition) is 3. The van der Waals surface area contributed by atoms with Crippen molar-refractivity contribution in [3.8, 4) is 0 Å². The fourth-order valence-corrected chi connectivity index (χ4v) is 2.99. The molecular weight excluding hydrogens is 407 g/mol. The van der Waals surface area contributed by atoms with Crippen molar-refractivity contribution < 1.29 is 18.0 Å². The summed E-state index contributed by atoms with van der Waals surface area (Å²) in [7, 11) is 0. The van der Waals surface area contributed by atoms with Crippen LogP contribution in [0, 0.1) is 6.92 Å². The molecule has 1 aromatic heterocycles. The zero-order chi connectivity index (χ0) is 21.6. The number of amides is 1. The summed E-state index contributed by atoms with van der Waals surface area (Å²) in [4.78, 5) is 18.9. The normalized spacial score (nSPS) is 13.4. The zero-order valence-electron chi connectivity index (χ0n) is 15.8. The highest BCUT2D eigenvalue weighted by atomic mass is 35.5. The van der Waals surface area contributed by atoms with Crippen LogP contribution in [0.1, 0.15) is 30.2 Å². The molecule has 6 nitrogen and oxygen atoms in total. The van der Waals surface area contributed by atoms with Gasteiger partial charge in [0.05, 0.1) is 22.3 Å². The van der Waals surface area contributed by atoms with Crippen molar-refractivity contribution in [3.05, 3.63) is 63.8 Å². The van der Waals surface area contributed by atoms with Crippen LogP contribution in [-0.4, -0.2) is 22.4 Å². The maximum Gasteiger partial charge on any atom is 0.417 e. The van der Waals surface area contributed by atoms with Crippen LogP contribution in [0.15, 0.2) is 42.0 Å². The lowest BCUT2D eigenvalue weighted by atomic mass is 10.0. The molecular formula is C19H21ClF3N5O. The van der Waals surface area contributed by atoms with Gasteiger partial charge in [0.2, 0.25) is 6.41 Å². The number of aryl methyl sites for hydroxylation is 2. The van der Waals surface area contributed by atoms with E-state index in [1.165, 1.54) is 18.5 Å². The molecule has 0 bridgehead atoms. The standard InChI is InChI=1S/C19H21ClF3N5O/c1-11-8-16(26-9-25-11)28-15(18(24)12(2)27-10-29)7-6-13-4-3-5-14(17(13)20)19(21,22)23/h3-5,8-10,12H,6-7,24H2,1-2H3,(H,27,29)(H,25,26,28)/b18-15-. The van der Waals surface area contributed by atoms with Crippen molar-refractivity contribution in [2.75, 3.05) is 5.32 Å². The molecule has 0 fully saturated rings. The SMILES string of the molecule is Cc1cc(N/C(CCc2cccc(C(F)(F)F)c2Cl)=C(\N)C(C)NC=O)ncn1. The molecule has 0 aliphatic carbocycles. The summed E-state index contributed by atoms with van der Waals surface area (Å²) in [5.41, 5.74) is 7.19. The van der Waals surface area contributed by atoms with Gasteiger partial charge in [0.15, 0.2) is 0 Å². The van der Waals surface area contributed by atoms with Crippen LogP contribution in [0.25, 0.3) is 0 Å². The van der Waals surface area contributed by atoms with Gasteiger partial charge in [-0.25, -0.2) is 9.97 Å². The quantitative estimate of drug-likeness (QED) is 0.557. The van der Waals surface area contributed by atoms with E-state index in [9.17, 15) is 18.0 Å². The highest BCUT2D eigenvalue weighted by Crippen LogP contribution is 2.36. The summed E-state index contributed by atoms with van der Waals surface area (Å²) in [5.74, 6) is 0.476. The Morgan fingerprint density at radius 2 is 2.07 bits per heavy atom. The molecule has 2 rings (SSSR count). The monoisotopic (exact) mass is 427 g/mol. The summed E-state index contributed by atoms with van der Waals surface area (Å²) in [6.07, 6.45) is -2.19. The molecule has 2 aromatic rings. The van der Waals surface area contributed by atoms with E-state index >= 15 is 0 Å². The molecule has 1 aromatic carbocycles. The van der Waals surface area contributed by atoms with E-state index in [0.717, 1.165) is 11.8 Å². The van der Waals surface area contributed by atoms with Crippen molar-refractivity contribution in [2.24, 2.45) is 5.73 Å². The first-order valence-electron chi connectivity index (χ1n) is 8.72. The van der Waals surface area contributed by atoms with Gasteiger partial charge >= 0.3 is 6.18 Å². The Kier molecular flexibility index (Phi) is 7.44. The van der Waals surface area contributed by atoms with Crippen LogP contribution in [0.3, 0.4) is 0 Å². The van der Waals surface area contributed by atoms with E-state index in [4.69, 9.17) is 17.3 Å². The van der Waals surface area contributed by atoms with E-state index in [2.05, 4.69) is 20.6 Å². The molecule has 10 heteroatoms. The second-order valence-corrected chi connectivity index (χ2v) is 6.76. The minimum atomic E-state index is -4.54. The zero-order valence-corrected chi connectivity index (χ0v) is 16.6. The first kappa shape index (κ1) is 22.5. The fourth-order valence-electron chi connectivity index (χ4n) is 2.66. The molecule has 0 radical (unpaired) electrons. The number of carbonyl (C=O) groups excluding carboxylic acids is 1. The predicted octanol–water partition coefficient (Wildman–Crippen LogP) is 3.81. The third-order valence-electron chi connectivity index (χ3n) is 4.24. The van der Waals surface area contributed by atoms with E-state index in [-0.39, 0.29) is 17.9 Å². The van der Waals surface area contributed by atoms with E-state index in [0.29, 0.717) is 29.2 Å². The average molecular weight is 428 g/mol. The molecule has 1 unspecified atom stereocenters. The first-order chi connectivity index (χ1) is 13.6. The van der Waals surface area contributed by atoms with Gasteiger partial charge in [0.25, 0.3) is 0 Å². The smallest absolute Gasteiger partial charge is 0.399 e. The molecule has 1 atom stereocenters. The van der Waals surface area contributed by atoms with Crippen LogP contribution in [0.2, 0.25) is 5.02 Å². The first-order valence-corrected chi connectivity index (χ1v) is 9.09. The van der Waals surface area contributed by atoms with Crippen molar-refractivity contribution in [1.82, 2.24) is 15.3 Å². The van der Waals surface area contributed by atoms with Crippen molar-refractivity contribution in [2.45, 2.75) is 38.9 Å². The Bertz CT molecular complexity index is 902. The van der Waals surface area contributed by atoms with Gasteiger partial charge in [-0.2, -0.15) is 13.2 Å². The van der Waals surface area contributed by atoms with Gasteiger partial charge in [-0.3, -0.25) is 4.79 Å². The van der Waals surface area contributed by atoms with Gasteiger partial charge in [-0.1, -0.05) is 23.7 Å². The Balaban J connectivity index is 2.31. The third-order valence-corrected chi connectivity index (χ3v) is 4.69. The molecule has 0 aliphatic rings.